The number of carbonyl (C=O) groups is 2. The molecule has 112 valence electrons. The quantitative estimate of drug-likeness (QED) is 0.675. The van der Waals surface area contributed by atoms with Crippen LogP contribution in [0, 0.1) is 5.82 Å². The molecule has 0 saturated heterocycles. The number of carbonyl (C=O) groups excluding carboxylic acids is 2. The topological polar surface area (TPSA) is 58.2 Å². The van der Waals surface area contributed by atoms with E-state index in [0.717, 1.165) is 17.7 Å². The van der Waals surface area contributed by atoms with Crippen molar-refractivity contribution in [3.05, 3.63) is 76.6 Å². The van der Waals surface area contributed by atoms with Gasteiger partial charge in [-0.2, -0.15) is 0 Å². The van der Waals surface area contributed by atoms with Gasteiger partial charge in [0.05, 0.1) is 0 Å². The fourth-order valence-electron chi connectivity index (χ4n) is 1.58. The van der Waals surface area contributed by atoms with Crippen molar-refractivity contribution >= 4 is 29.5 Å². The third-order valence-electron chi connectivity index (χ3n) is 2.70. The van der Waals surface area contributed by atoms with Crippen LogP contribution in [-0.4, -0.2) is 11.8 Å². The van der Waals surface area contributed by atoms with E-state index in [2.05, 4.69) is 10.9 Å². The molecule has 0 fully saturated rings. The summed E-state index contributed by atoms with van der Waals surface area (Å²) < 4.78 is 12.7. The van der Waals surface area contributed by atoms with Gasteiger partial charge in [-0.05, 0) is 48.0 Å². The highest BCUT2D eigenvalue weighted by Gasteiger charge is 2.05. The van der Waals surface area contributed by atoms with Crippen LogP contribution in [0.5, 0.6) is 0 Å². The van der Waals surface area contributed by atoms with Crippen LogP contribution in [0.25, 0.3) is 6.08 Å². The van der Waals surface area contributed by atoms with Crippen molar-refractivity contribution in [2.75, 3.05) is 0 Å². The number of hydrazine groups is 1. The first kappa shape index (κ1) is 15.7. The number of nitrogens with one attached hydrogen (secondary N) is 2. The van der Waals surface area contributed by atoms with Gasteiger partial charge in [-0.25, -0.2) is 4.39 Å². The third kappa shape index (κ3) is 4.71. The molecule has 4 nitrogen and oxygen atoms in total. The molecule has 2 aromatic rings. The van der Waals surface area contributed by atoms with Crippen molar-refractivity contribution in [2.24, 2.45) is 0 Å². The van der Waals surface area contributed by atoms with Gasteiger partial charge in [0.1, 0.15) is 5.82 Å². The van der Waals surface area contributed by atoms with Gasteiger partial charge in [0.2, 0.25) is 0 Å². The molecular formula is C16H12ClFN2O2. The number of halogens is 2. The average Bonchev–Trinajstić information content (AvgIpc) is 2.52. The summed E-state index contributed by atoms with van der Waals surface area (Å²) in [5, 5.41) is 0.605. The Morgan fingerprint density at radius 3 is 2.23 bits per heavy atom. The molecule has 0 aliphatic heterocycles. The van der Waals surface area contributed by atoms with Crippen molar-refractivity contribution in [1.82, 2.24) is 10.9 Å². The summed E-state index contributed by atoms with van der Waals surface area (Å²) >= 11 is 5.75. The maximum atomic E-state index is 12.7. The van der Waals surface area contributed by atoms with Crippen LogP contribution >= 0.6 is 11.6 Å². The van der Waals surface area contributed by atoms with Crippen LogP contribution in [-0.2, 0) is 4.79 Å². The van der Waals surface area contributed by atoms with Crippen molar-refractivity contribution in [2.45, 2.75) is 0 Å². The molecule has 2 N–H and O–H groups in total. The van der Waals surface area contributed by atoms with E-state index in [4.69, 9.17) is 11.6 Å². The van der Waals surface area contributed by atoms with E-state index >= 15 is 0 Å². The molecule has 0 saturated carbocycles. The fourth-order valence-corrected chi connectivity index (χ4v) is 1.71. The maximum absolute atomic E-state index is 12.7. The second-order valence-electron chi connectivity index (χ2n) is 4.34. The Labute approximate surface area is 131 Å². The lowest BCUT2D eigenvalue weighted by atomic mass is 10.2. The number of hydrogen-bond donors (Lipinski definition) is 2. The summed E-state index contributed by atoms with van der Waals surface area (Å²) in [4.78, 5) is 23.3. The van der Waals surface area contributed by atoms with Gasteiger partial charge in [0.25, 0.3) is 11.8 Å². The first-order chi connectivity index (χ1) is 10.5. The minimum absolute atomic E-state index is 0.239. The normalized spacial score (nSPS) is 10.5. The number of benzene rings is 2. The molecule has 2 aromatic carbocycles. The monoisotopic (exact) mass is 318 g/mol. The molecule has 0 aromatic heterocycles. The first-order valence-corrected chi connectivity index (χ1v) is 6.72. The zero-order chi connectivity index (χ0) is 15.9. The average molecular weight is 319 g/mol. The largest absolute Gasteiger partial charge is 0.269 e. The van der Waals surface area contributed by atoms with E-state index in [-0.39, 0.29) is 5.56 Å². The molecular weight excluding hydrogens is 307 g/mol. The minimum Gasteiger partial charge on any atom is -0.268 e. The van der Waals surface area contributed by atoms with Crippen molar-refractivity contribution < 1.29 is 14.0 Å². The summed E-state index contributed by atoms with van der Waals surface area (Å²) in [5.41, 5.74) is 5.50. The molecule has 0 radical (unpaired) electrons. The maximum Gasteiger partial charge on any atom is 0.269 e. The standard InChI is InChI=1S/C16H12ClFN2O2/c17-13-6-1-11(2-7-13)3-10-15(21)19-20-16(22)12-4-8-14(18)9-5-12/h1-10H,(H,19,21)(H,20,22)/b10-3+. The van der Waals surface area contributed by atoms with Gasteiger partial charge in [-0.3, -0.25) is 20.4 Å². The lowest BCUT2D eigenvalue weighted by Crippen LogP contribution is -2.40. The molecule has 0 spiro atoms. The lowest BCUT2D eigenvalue weighted by Gasteiger charge is -2.05. The summed E-state index contributed by atoms with van der Waals surface area (Å²) in [7, 11) is 0. The Bertz CT molecular complexity index is 697. The van der Waals surface area contributed by atoms with Gasteiger partial charge >= 0.3 is 0 Å². The summed E-state index contributed by atoms with van der Waals surface area (Å²) in [5.74, 6) is -1.47. The highest BCUT2D eigenvalue weighted by atomic mass is 35.5. The molecule has 2 rings (SSSR count). The van der Waals surface area contributed by atoms with E-state index in [9.17, 15) is 14.0 Å². The first-order valence-electron chi connectivity index (χ1n) is 6.34. The summed E-state index contributed by atoms with van der Waals surface area (Å²) in [6.45, 7) is 0. The number of hydrogen-bond acceptors (Lipinski definition) is 2. The second-order valence-corrected chi connectivity index (χ2v) is 4.77. The predicted molar refractivity (Wildman–Crippen MR) is 82.5 cm³/mol. The fraction of sp³-hybridized carbons (Fsp3) is 0. The van der Waals surface area contributed by atoms with Crippen molar-refractivity contribution in [3.63, 3.8) is 0 Å². The van der Waals surface area contributed by atoms with E-state index in [1.165, 1.54) is 18.2 Å². The van der Waals surface area contributed by atoms with E-state index in [0.29, 0.717) is 5.02 Å². The molecule has 6 heteroatoms. The van der Waals surface area contributed by atoms with Gasteiger partial charge in [0, 0.05) is 16.7 Å². The Morgan fingerprint density at radius 1 is 0.955 bits per heavy atom. The molecule has 0 bridgehead atoms. The van der Waals surface area contributed by atoms with Crippen LogP contribution in [0.3, 0.4) is 0 Å². The number of amides is 2. The predicted octanol–water partition coefficient (Wildman–Crippen LogP) is 2.95. The Morgan fingerprint density at radius 2 is 1.59 bits per heavy atom. The second kappa shape index (κ2) is 7.38. The molecule has 0 unspecified atom stereocenters. The van der Waals surface area contributed by atoms with Gasteiger partial charge in [-0.1, -0.05) is 23.7 Å². The van der Waals surface area contributed by atoms with Crippen LogP contribution in [0.4, 0.5) is 4.39 Å². The van der Waals surface area contributed by atoms with Gasteiger partial charge in [0.15, 0.2) is 0 Å². The van der Waals surface area contributed by atoms with E-state index in [1.54, 1.807) is 30.3 Å². The van der Waals surface area contributed by atoms with Crippen LogP contribution in [0.2, 0.25) is 5.02 Å². The zero-order valence-corrected chi connectivity index (χ0v) is 12.1. The Hall–Kier alpha value is -2.66. The highest BCUT2D eigenvalue weighted by Crippen LogP contribution is 2.10. The Kier molecular flexibility index (Phi) is 5.27. The zero-order valence-electron chi connectivity index (χ0n) is 11.3. The molecule has 2 amide bonds. The summed E-state index contributed by atoms with van der Waals surface area (Å²) in [6, 6.07) is 11.9. The SMILES string of the molecule is O=C(/C=C/c1ccc(Cl)cc1)NNC(=O)c1ccc(F)cc1. The smallest absolute Gasteiger partial charge is 0.268 e. The van der Waals surface area contributed by atoms with Crippen molar-refractivity contribution in [3.8, 4) is 0 Å². The Balaban J connectivity index is 1.86. The molecule has 22 heavy (non-hydrogen) atoms. The van der Waals surface area contributed by atoms with Crippen LogP contribution in [0.15, 0.2) is 54.6 Å². The summed E-state index contributed by atoms with van der Waals surface area (Å²) in [6.07, 6.45) is 2.85. The molecule has 0 atom stereocenters. The number of rotatable bonds is 3. The third-order valence-corrected chi connectivity index (χ3v) is 2.95. The molecule has 0 aliphatic rings. The van der Waals surface area contributed by atoms with E-state index < -0.39 is 17.6 Å². The van der Waals surface area contributed by atoms with Crippen LogP contribution < -0.4 is 10.9 Å². The van der Waals surface area contributed by atoms with Crippen molar-refractivity contribution in [1.29, 1.82) is 0 Å². The van der Waals surface area contributed by atoms with Gasteiger partial charge in [-0.15, -0.1) is 0 Å². The molecule has 0 heterocycles. The lowest BCUT2D eigenvalue weighted by molar-refractivity contribution is -0.117. The van der Waals surface area contributed by atoms with E-state index in [1.807, 2.05) is 0 Å². The highest BCUT2D eigenvalue weighted by molar-refractivity contribution is 6.30. The minimum atomic E-state index is -0.534. The van der Waals surface area contributed by atoms with Gasteiger partial charge < -0.3 is 0 Å². The molecule has 0 aliphatic carbocycles. The van der Waals surface area contributed by atoms with Crippen LogP contribution in [0.1, 0.15) is 15.9 Å².